The van der Waals surface area contributed by atoms with Gasteiger partial charge in [-0.2, -0.15) is 24.9 Å². The van der Waals surface area contributed by atoms with Crippen molar-refractivity contribution < 1.29 is 22.7 Å². The second-order valence-corrected chi connectivity index (χ2v) is 7.69. The van der Waals surface area contributed by atoms with Crippen molar-refractivity contribution in [3.8, 4) is 0 Å². The predicted octanol–water partition coefficient (Wildman–Crippen LogP) is 2.99. The minimum atomic E-state index is -4.54. The van der Waals surface area contributed by atoms with Crippen LogP contribution in [0.1, 0.15) is 22.3 Å². The average Bonchev–Trinajstić information content (AvgIpc) is 2.87. The van der Waals surface area contributed by atoms with Crippen molar-refractivity contribution in [2.45, 2.75) is 18.6 Å². The molecule has 1 amide bonds. The lowest BCUT2D eigenvalue weighted by molar-refractivity contribution is -0.138. The molecule has 0 radical (unpaired) electrons. The highest BCUT2D eigenvalue weighted by molar-refractivity contribution is 7.99. The first-order valence-corrected chi connectivity index (χ1v) is 9.97. The van der Waals surface area contributed by atoms with E-state index in [0.29, 0.717) is 26.3 Å². The Morgan fingerprint density at radius 1 is 1.19 bits per heavy atom. The van der Waals surface area contributed by atoms with Crippen LogP contribution in [-0.2, 0) is 10.9 Å². The molecule has 0 saturated carbocycles. The van der Waals surface area contributed by atoms with Gasteiger partial charge in [-0.1, -0.05) is 12.1 Å². The van der Waals surface area contributed by atoms with Gasteiger partial charge < -0.3 is 9.64 Å². The van der Waals surface area contributed by atoms with Crippen LogP contribution >= 0.6 is 11.8 Å². The fourth-order valence-corrected chi connectivity index (χ4v) is 4.46. The van der Waals surface area contributed by atoms with Crippen LogP contribution in [-0.4, -0.2) is 72.6 Å². The van der Waals surface area contributed by atoms with Crippen molar-refractivity contribution in [1.82, 2.24) is 9.80 Å². The average molecular weight is 388 g/mol. The number of morpholine rings is 1. The van der Waals surface area contributed by atoms with Crippen molar-refractivity contribution in [3.63, 3.8) is 0 Å². The summed E-state index contributed by atoms with van der Waals surface area (Å²) >= 11 is 1.76. The number of benzene rings is 1. The lowest BCUT2D eigenvalue weighted by Gasteiger charge is -2.36. The summed E-state index contributed by atoms with van der Waals surface area (Å²) in [6, 6.07) is 5.00. The van der Waals surface area contributed by atoms with Crippen LogP contribution in [0.2, 0.25) is 0 Å². The number of alkyl halides is 3. The second kappa shape index (κ2) is 8.63. The molecule has 1 unspecified atom stereocenters. The van der Waals surface area contributed by atoms with Crippen molar-refractivity contribution in [1.29, 1.82) is 0 Å². The van der Waals surface area contributed by atoms with Gasteiger partial charge >= 0.3 is 6.18 Å². The largest absolute Gasteiger partial charge is 0.417 e. The minimum absolute atomic E-state index is 0.0885. The molecule has 0 spiro atoms. The lowest BCUT2D eigenvalue weighted by atomic mass is 10.0. The van der Waals surface area contributed by atoms with E-state index in [1.54, 1.807) is 16.7 Å². The molecule has 1 atom stereocenters. The molecule has 0 aromatic heterocycles. The number of nitrogens with zero attached hydrogens (tertiary/aromatic N) is 2. The van der Waals surface area contributed by atoms with Gasteiger partial charge in [0.15, 0.2) is 0 Å². The fraction of sp³-hybridized carbons (Fsp3) is 0.611. The van der Waals surface area contributed by atoms with Crippen LogP contribution in [0.25, 0.3) is 0 Å². The highest BCUT2D eigenvalue weighted by atomic mass is 32.2. The molecule has 2 heterocycles. The Morgan fingerprint density at radius 2 is 1.92 bits per heavy atom. The first-order chi connectivity index (χ1) is 12.5. The highest BCUT2D eigenvalue weighted by Gasteiger charge is 2.37. The van der Waals surface area contributed by atoms with Crippen molar-refractivity contribution in [3.05, 3.63) is 35.4 Å². The second-order valence-electron chi connectivity index (χ2n) is 6.54. The Balaban J connectivity index is 1.82. The van der Waals surface area contributed by atoms with Gasteiger partial charge in [0.1, 0.15) is 0 Å². The summed E-state index contributed by atoms with van der Waals surface area (Å²) in [7, 11) is 0. The van der Waals surface area contributed by atoms with E-state index in [0.717, 1.165) is 37.1 Å². The van der Waals surface area contributed by atoms with Gasteiger partial charge in [0.2, 0.25) is 0 Å². The zero-order valence-electron chi connectivity index (χ0n) is 14.5. The van der Waals surface area contributed by atoms with Gasteiger partial charge in [-0.25, -0.2) is 0 Å². The van der Waals surface area contributed by atoms with E-state index in [4.69, 9.17) is 4.74 Å². The third-order valence-electron chi connectivity index (χ3n) is 4.74. The van der Waals surface area contributed by atoms with Gasteiger partial charge in [-0.3, -0.25) is 9.69 Å². The SMILES string of the molecule is O=C(c1ccccc1C(F)(F)F)N1CCCSCC1CN1CCOCC1. The van der Waals surface area contributed by atoms with Gasteiger partial charge in [0.05, 0.1) is 30.4 Å². The monoisotopic (exact) mass is 388 g/mol. The number of hydrogen-bond donors (Lipinski definition) is 0. The van der Waals surface area contributed by atoms with Crippen molar-refractivity contribution in [2.75, 3.05) is 50.9 Å². The third-order valence-corrected chi connectivity index (χ3v) is 5.93. The van der Waals surface area contributed by atoms with Gasteiger partial charge in [0.25, 0.3) is 5.91 Å². The van der Waals surface area contributed by atoms with Crippen LogP contribution in [0.3, 0.4) is 0 Å². The number of rotatable bonds is 3. The Kier molecular flexibility index (Phi) is 6.47. The Hall–Kier alpha value is -1.25. The molecule has 2 aliphatic heterocycles. The summed E-state index contributed by atoms with van der Waals surface area (Å²) in [6.07, 6.45) is -3.74. The summed E-state index contributed by atoms with van der Waals surface area (Å²) < 4.78 is 45.3. The summed E-state index contributed by atoms with van der Waals surface area (Å²) in [6.45, 7) is 4.07. The third kappa shape index (κ3) is 4.72. The van der Waals surface area contributed by atoms with E-state index >= 15 is 0 Å². The molecule has 0 N–H and O–H groups in total. The van der Waals surface area contributed by atoms with Gasteiger partial charge in [0, 0.05) is 31.9 Å². The predicted molar refractivity (Wildman–Crippen MR) is 95.5 cm³/mol. The molecule has 2 fully saturated rings. The molecule has 4 nitrogen and oxygen atoms in total. The number of thioether (sulfide) groups is 1. The molecule has 2 aliphatic rings. The summed E-state index contributed by atoms with van der Waals surface area (Å²) in [5.41, 5.74) is -1.11. The molecule has 3 rings (SSSR count). The number of amides is 1. The smallest absolute Gasteiger partial charge is 0.379 e. The highest BCUT2D eigenvalue weighted by Crippen LogP contribution is 2.33. The van der Waals surface area contributed by atoms with E-state index < -0.39 is 17.6 Å². The Labute approximate surface area is 155 Å². The van der Waals surface area contributed by atoms with Crippen molar-refractivity contribution in [2.24, 2.45) is 0 Å². The van der Waals surface area contributed by atoms with E-state index in [9.17, 15) is 18.0 Å². The molecule has 2 saturated heterocycles. The van der Waals surface area contributed by atoms with Crippen molar-refractivity contribution >= 4 is 17.7 Å². The molecule has 1 aromatic carbocycles. The number of hydrogen-bond acceptors (Lipinski definition) is 4. The zero-order valence-corrected chi connectivity index (χ0v) is 15.3. The first-order valence-electron chi connectivity index (χ1n) is 8.82. The maximum atomic E-state index is 13.3. The summed E-state index contributed by atoms with van der Waals surface area (Å²) in [5, 5.41) is 0. The van der Waals surface area contributed by atoms with Gasteiger partial charge in [-0.15, -0.1) is 0 Å². The quantitative estimate of drug-likeness (QED) is 0.797. The van der Waals surface area contributed by atoms with E-state index in [1.165, 1.54) is 18.2 Å². The van der Waals surface area contributed by atoms with Gasteiger partial charge in [-0.05, 0) is 24.3 Å². The number of ether oxygens (including phenoxy) is 1. The molecule has 26 heavy (non-hydrogen) atoms. The molecule has 1 aromatic rings. The molecule has 8 heteroatoms. The van der Waals surface area contributed by atoms with E-state index in [-0.39, 0.29) is 11.6 Å². The van der Waals surface area contributed by atoms with Crippen LogP contribution in [0.4, 0.5) is 13.2 Å². The normalized spacial score (nSPS) is 22.9. The molecule has 0 bridgehead atoms. The lowest BCUT2D eigenvalue weighted by Crippen LogP contribution is -2.50. The summed E-state index contributed by atoms with van der Waals surface area (Å²) in [5.74, 6) is 1.15. The fourth-order valence-electron chi connectivity index (χ4n) is 3.40. The Morgan fingerprint density at radius 3 is 2.65 bits per heavy atom. The molecule has 0 aliphatic carbocycles. The number of carbonyl (C=O) groups is 1. The topological polar surface area (TPSA) is 32.8 Å². The van der Waals surface area contributed by atoms with Crippen LogP contribution in [0.15, 0.2) is 24.3 Å². The first kappa shape index (κ1) is 19.5. The molecular formula is C18H23F3N2O2S. The minimum Gasteiger partial charge on any atom is -0.379 e. The van der Waals surface area contributed by atoms with Crippen LogP contribution in [0, 0.1) is 0 Å². The maximum Gasteiger partial charge on any atom is 0.417 e. The Bertz CT molecular complexity index is 621. The molecule has 144 valence electrons. The maximum absolute atomic E-state index is 13.3. The zero-order chi connectivity index (χ0) is 18.6. The standard InChI is InChI=1S/C18H23F3N2O2S/c19-18(20,21)16-5-2-1-4-15(16)17(24)23-6-3-11-26-13-14(23)12-22-7-9-25-10-8-22/h1-2,4-5,14H,3,6-13H2. The summed E-state index contributed by atoms with van der Waals surface area (Å²) in [4.78, 5) is 16.9. The van der Waals surface area contributed by atoms with Crippen LogP contribution in [0.5, 0.6) is 0 Å². The number of halogens is 3. The number of carbonyl (C=O) groups excluding carboxylic acids is 1. The van der Waals surface area contributed by atoms with E-state index in [1.807, 2.05) is 0 Å². The van der Waals surface area contributed by atoms with E-state index in [2.05, 4.69) is 4.90 Å². The van der Waals surface area contributed by atoms with Crippen LogP contribution < -0.4 is 0 Å². The molecular weight excluding hydrogens is 365 g/mol.